The van der Waals surface area contributed by atoms with Crippen molar-refractivity contribution in [3.8, 4) is 0 Å². The Hall–Kier alpha value is -1.65. The molecule has 126 valence electrons. The van der Waals surface area contributed by atoms with E-state index in [2.05, 4.69) is 9.97 Å². The van der Waals surface area contributed by atoms with E-state index in [4.69, 9.17) is 0 Å². The van der Waals surface area contributed by atoms with Gasteiger partial charge in [0.25, 0.3) is 0 Å². The number of nitrogens with zero attached hydrogens (tertiary/aromatic N) is 4. The fourth-order valence-electron chi connectivity index (χ4n) is 3.88. The van der Waals surface area contributed by atoms with Crippen LogP contribution in [0.15, 0.2) is 0 Å². The molecule has 0 bridgehead atoms. The standard InChI is InChI=1S/C18H28N4O/c1-13-19-16-10-11-22(12-15(16)18(20-13)21(2)3)17(23)9-8-14-6-4-5-7-14/h14H,4-12H2,1-3H3. The van der Waals surface area contributed by atoms with Gasteiger partial charge in [0, 0.05) is 39.0 Å². The van der Waals surface area contributed by atoms with E-state index < -0.39 is 0 Å². The van der Waals surface area contributed by atoms with E-state index in [0.29, 0.717) is 18.9 Å². The molecule has 0 radical (unpaired) electrons. The van der Waals surface area contributed by atoms with Crippen LogP contribution in [0.4, 0.5) is 5.82 Å². The lowest BCUT2D eigenvalue weighted by atomic mass is 10.00. The maximum absolute atomic E-state index is 12.6. The van der Waals surface area contributed by atoms with Crippen molar-refractivity contribution >= 4 is 11.7 Å². The number of amides is 1. The molecule has 1 aliphatic heterocycles. The Morgan fingerprint density at radius 3 is 2.70 bits per heavy atom. The molecular formula is C18H28N4O. The zero-order chi connectivity index (χ0) is 16.4. The van der Waals surface area contributed by atoms with E-state index >= 15 is 0 Å². The first kappa shape index (κ1) is 16.2. The highest BCUT2D eigenvalue weighted by molar-refractivity contribution is 5.76. The van der Waals surface area contributed by atoms with E-state index in [1.165, 1.54) is 25.7 Å². The molecular weight excluding hydrogens is 288 g/mol. The molecule has 0 spiro atoms. The number of anilines is 1. The molecule has 0 N–H and O–H groups in total. The SMILES string of the molecule is Cc1nc2c(c(N(C)C)n1)CN(C(=O)CCC1CCCC1)CC2. The molecule has 5 heteroatoms. The van der Waals surface area contributed by atoms with Crippen LogP contribution in [0.1, 0.15) is 55.6 Å². The molecule has 1 aromatic rings. The average molecular weight is 316 g/mol. The molecule has 0 unspecified atom stereocenters. The maximum Gasteiger partial charge on any atom is 0.222 e. The summed E-state index contributed by atoms with van der Waals surface area (Å²) in [7, 11) is 4.01. The van der Waals surface area contributed by atoms with Gasteiger partial charge in [0.1, 0.15) is 11.6 Å². The Bertz CT molecular complexity index is 579. The van der Waals surface area contributed by atoms with Crippen molar-refractivity contribution in [2.75, 3.05) is 25.5 Å². The molecule has 0 saturated heterocycles. The van der Waals surface area contributed by atoms with Gasteiger partial charge in [0.2, 0.25) is 5.91 Å². The molecule has 1 saturated carbocycles. The molecule has 1 aromatic heterocycles. The number of aromatic nitrogens is 2. The summed E-state index contributed by atoms with van der Waals surface area (Å²) in [4.78, 5) is 25.8. The van der Waals surface area contributed by atoms with Crippen molar-refractivity contribution in [1.82, 2.24) is 14.9 Å². The number of carbonyl (C=O) groups excluding carboxylic acids is 1. The summed E-state index contributed by atoms with van der Waals surface area (Å²) in [5.41, 5.74) is 2.24. The van der Waals surface area contributed by atoms with Gasteiger partial charge in [-0.15, -0.1) is 0 Å². The third kappa shape index (κ3) is 3.65. The van der Waals surface area contributed by atoms with Crippen molar-refractivity contribution in [2.45, 2.75) is 58.4 Å². The van der Waals surface area contributed by atoms with Gasteiger partial charge in [-0.3, -0.25) is 4.79 Å². The minimum absolute atomic E-state index is 0.299. The third-order valence-corrected chi connectivity index (χ3v) is 5.17. The van der Waals surface area contributed by atoms with E-state index in [-0.39, 0.29) is 0 Å². The summed E-state index contributed by atoms with van der Waals surface area (Å²) < 4.78 is 0. The second-order valence-corrected chi connectivity index (χ2v) is 7.17. The van der Waals surface area contributed by atoms with Crippen LogP contribution in [0.2, 0.25) is 0 Å². The minimum atomic E-state index is 0.299. The molecule has 3 rings (SSSR count). The number of hydrogen-bond donors (Lipinski definition) is 0. The van der Waals surface area contributed by atoms with Crippen molar-refractivity contribution in [2.24, 2.45) is 5.92 Å². The molecule has 5 nitrogen and oxygen atoms in total. The predicted octanol–water partition coefficient (Wildman–Crippen LogP) is 2.71. The van der Waals surface area contributed by atoms with E-state index in [1.54, 1.807) is 0 Å². The van der Waals surface area contributed by atoms with Gasteiger partial charge in [-0.2, -0.15) is 0 Å². The first-order chi connectivity index (χ1) is 11.0. The van der Waals surface area contributed by atoms with Crippen LogP contribution in [0.3, 0.4) is 0 Å². The lowest BCUT2D eigenvalue weighted by Crippen LogP contribution is -2.37. The fraction of sp³-hybridized carbons (Fsp3) is 0.722. The molecule has 1 amide bonds. The van der Waals surface area contributed by atoms with E-state index in [1.807, 2.05) is 30.8 Å². The summed E-state index contributed by atoms with van der Waals surface area (Å²) in [6, 6.07) is 0. The largest absolute Gasteiger partial charge is 0.362 e. The predicted molar refractivity (Wildman–Crippen MR) is 91.4 cm³/mol. The number of aryl methyl sites for hydroxylation is 1. The average Bonchev–Trinajstić information content (AvgIpc) is 3.04. The second kappa shape index (κ2) is 6.85. The molecule has 23 heavy (non-hydrogen) atoms. The third-order valence-electron chi connectivity index (χ3n) is 5.17. The Morgan fingerprint density at radius 1 is 1.26 bits per heavy atom. The molecule has 2 aliphatic rings. The number of carbonyl (C=O) groups is 1. The van der Waals surface area contributed by atoms with Crippen LogP contribution in [0.25, 0.3) is 0 Å². The number of hydrogen-bond acceptors (Lipinski definition) is 4. The first-order valence-corrected chi connectivity index (χ1v) is 8.86. The van der Waals surface area contributed by atoms with E-state index in [9.17, 15) is 4.79 Å². The molecule has 1 fully saturated rings. The van der Waals surface area contributed by atoms with Crippen molar-refractivity contribution in [3.05, 3.63) is 17.1 Å². The van der Waals surface area contributed by atoms with Crippen LogP contribution in [-0.2, 0) is 17.8 Å². The van der Waals surface area contributed by atoms with Crippen LogP contribution in [-0.4, -0.2) is 41.4 Å². The second-order valence-electron chi connectivity index (χ2n) is 7.17. The van der Waals surface area contributed by atoms with Crippen LogP contribution < -0.4 is 4.90 Å². The zero-order valence-electron chi connectivity index (χ0n) is 14.6. The lowest BCUT2D eigenvalue weighted by Gasteiger charge is -2.31. The van der Waals surface area contributed by atoms with Gasteiger partial charge >= 0.3 is 0 Å². The summed E-state index contributed by atoms with van der Waals surface area (Å²) in [6.45, 7) is 3.39. The topological polar surface area (TPSA) is 49.3 Å². The molecule has 1 aliphatic carbocycles. The lowest BCUT2D eigenvalue weighted by molar-refractivity contribution is -0.132. The fourth-order valence-corrected chi connectivity index (χ4v) is 3.88. The van der Waals surface area contributed by atoms with Gasteiger partial charge < -0.3 is 9.80 Å². The molecule has 0 aromatic carbocycles. The smallest absolute Gasteiger partial charge is 0.222 e. The van der Waals surface area contributed by atoms with Crippen molar-refractivity contribution < 1.29 is 4.79 Å². The highest BCUT2D eigenvalue weighted by Gasteiger charge is 2.26. The zero-order valence-corrected chi connectivity index (χ0v) is 14.6. The highest BCUT2D eigenvalue weighted by Crippen LogP contribution is 2.30. The number of fused-ring (bicyclic) bond motifs is 1. The summed E-state index contributed by atoms with van der Waals surface area (Å²) in [6.07, 6.45) is 7.92. The quantitative estimate of drug-likeness (QED) is 0.857. The van der Waals surface area contributed by atoms with Crippen LogP contribution in [0, 0.1) is 12.8 Å². The summed E-state index contributed by atoms with van der Waals surface area (Å²) >= 11 is 0. The van der Waals surface area contributed by atoms with Gasteiger partial charge in [0.15, 0.2) is 0 Å². The maximum atomic E-state index is 12.6. The van der Waals surface area contributed by atoms with Crippen LogP contribution in [0.5, 0.6) is 0 Å². The van der Waals surface area contributed by atoms with Gasteiger partial charge in [0.05, 0.1) is 12.2 Å². The Morgan fingerprint density at radius 2 is 2.00 bits per heavy atom. The normalized spacial score (nSPS) is 18.1. The number of rotatable bonds is 4. The Labute approximate surface area is 139 Å². The van der Waals surface area contributed by atoms with E-state index in [0.717, 1.165) is 48.2 Å². The summed E-state index contributed by atoms with van der Waals surface area (Å²) in [5, 5.41) is 0. The van der Waals surface area contributed by atoms with Crippen molar-refractivity contribution in [1.29, 1.82) is 0 Å². The molecule has 2 heterocycles. The van der Waals surface area contributed by atoms with Crippen LogP contribution >= 0.6 is 0 Å². The monoisotopic (exact) mass is 316 g/mol. The first-order valence-electron chi connectivity index (χ1n) is 8.86. The summed E-state index contributed by atoms with van der Waals surface area (Å²) in [5.74, 6) is 2.85. The Balaban J connectivity index is 1.67. The minimum Gasteiger partial charge on any atom is -0.362 e. The van der Waals surface area contributed by atoms with Gasteiger partial charge in [-0.1, -0.05) is 25.7 Å². The van der Waals surface area contributed by atoms with Gasteiger partial charge in [-0.05, 0) is 19.3 Å². The highest BCUT2D eigenvalue weighted by atomic mass is 16.2. The van der Waals surface area contributed by atoms with Gasteiger partial charge in [-0.25, -0.2) is 9.97 Å². The molecule has 0 atom stereocenters. The van der Waals surface area contributed by atoms with Crippen molar-refractivity contribution in [3.63, 3.8) is 0 Å². The Kier molecular flexibility index (Phi) is 4.83.